The van der Waals surface area contributed by atoms with Crippen LogP contribution in [0, 0.1) is 5.21 Å². The number of hydrogen-bond donors (Lipinski definition) is 1. The van der Waals surface area contributed by atoms with E-state index in [1.165, 1.54) is 0 Å². The highest BCUT2D eigenvalue weighted by atomic mass is 16.8. The fourth-order valence-corrected chi connectivity index (χ4v) is 0.648. The maximum Gasteiger partial charge on any atom is 0.181 e. The van der Waals surface area contributed by atoms with Gasteiger partial charge in [0.05, 0.1) is 4.97 Å². The number of hydrogen-bond acceptors (Lipinski definition) is 5. The van der Waals surface area contributed by atoms with E-state index in [0.29, 0.717) is 13.2 Å². The average Bonchev–Trinajstić information content (AvgIpc) is 2.23. The summed E-state index contributed by atoms with van der Waals surface area (Å²) >= 11 is 0. The van der Waals surface area contributed by atoms with Crippen molar-refractivity contribution in [2.45, 2.75) is 26.7 Å². The molecule has 90 valence electrons. The zero-order chi connectivity index (χ0) is 11.4. The molecule has 1 N–H and O–H groups in total. The summed E-state index contributed by atoms with van der Waals surface area (Å²) in [5, 5.41) is 14.4. The van der Waals surface area contributed by atoms with Gasteiger partial charge in [-0.1, -0.05) is 13.3 Å². The van der Waals surface area contributed by atoms with Crippen LogP contribution in [0.1, 0.15) is 26.7 Å². The Balaban J connectivity index is 3.22. The molecule has 0 aliphatic rings. The first-order valence-electron chi connectivity index (χ1n) is 4.98. The third kappa shape index (κ3) is 11.0. The van der Waals surface area contributed by atoms with Crippen LogP contribution in [0.3, 0.4) is 0 Å². The number of nitrogens with zero attached hydrogens (tertiary/aromatic N) is 2. The molecule has 0 spiro atoms. The molecule has 0 aromatic rings. The molecule has 0 aromatic heterocycles. The maximum atomic E-state index is 10.8. The number of nitrogens with one attached hydrogen (secondary N) is 1. The predicted octanol–water partition coefficient (Wildman–Crippen LogP) is 1.15. The summed E-state index contributed by atoms with van der Waals surface area (Å²) in [5.74, 6) is 0. The summed E-state index contributed by atoms with van der Waals surface area (Å²) < 4.78 is 9.71. The second-order valence-corrected chi connectivity index (χ2v) is 2.66. The minimum absolute atomic E-state index is 0.0674. The lowest BCUT2D eigenvalue weighted by Gasteiger charge is -2.04. The highest BCUT2D eigenvalue weighted by Gasteiger charge is 1.93. The highest BCUT2D eigenvalue weighted by molar-refractivity contribution is 4.32. The summed E-state index contributed by atoms with van der Waals surface area (Å²) in [6.07, 6.45) is 1.87. The van der Waals surface area contributed by atoms with Crippen molar-refractivity contribution in [1.29, 1.82) is 0 Å². The molecule has 0 amide bonds. The molecule has 7 heteroatoms. The molecule has 0 aliphatic heterocycles. The van der Waals surface area contributed by atoms with Gasteiger partial charge in [-0.3, -0.25) is 0 Å². The molecule has 0 radical (unpaired) electrons. The molecule has 0 unspecified atom stereocenters. The second kappa shape index (κ2) is 11.2. The molecule has 0 atom stereocenters. The van der Waals surface area contributed by atoms with Gasteiger partial charge in [-0.25, -0.2) is 0 Å². The number of unbranched alkanes of at least 4 members (excludes halogenated alkanes) is 1. The van der Waals surface area contributed by atoms with Gasteiger partial charge in [0.1, 0.15) is 13.3 Å². The van der Waals surface area contributed by atoms with Crippen LogP contribution in [0.2, 0.25) is 0 Å². The van der Waals surface area contributed by atoms with Crippen molar-refractivity contribution < 1.29 is 19.3 Å². The van der Waals surface area contributed by atoms with Crippen LogP contribution in [0.4, 0.5) is 0 Å². The van der Waals surface area contributed by atoms with E-state index >= 15 is 0 Å². The maximum absolute atomic E-state index is 10.8. The molecular formula is C8H19N3O4. The molecule has 15 heavy (non-hydrogen) atoms. The van der Waals surface area contributed by atoms with Crippen molar-refractivity contribution in [2.24, 2.45) is 5.11 Å². The highest BCUT2D eigenvalue weighted by Crippen LogP contribution is 1.86. The number of hydrazine groups is 1. The third-order valence-electron chi connectivity index (χ3n) is 1.40. The Hall–Kier alpha value is -0.920. The van der Waals surface area contributed by atoms with Gasteiger partial charge in [0.2, 0.25) is 0 Å². The first-order valence-corrected chi connectivity index (χ1v) is 4.98. The van der Waals surface area contributed by atoms with Crippen LogP contribution in [-0.2, 0) is 14.3 Å². The zero-order valence-electron chi connectivity index (χ0n) is 9.27. The van der Waals surface area contributed by atoms with Crippen molar-refractivity contribution >= 4 is 0 Å². The molecule has 0 saturated carbocycles. The fourth-order valence-electron chi connectivity index (χ4n) is 0.648. The van der Waals surface area contributed by atoms with Crippen molar-refractivity contribution in [3.63, 3.8) is 0 Å². The van der Waals surface area contributed by atoms with Gasteiger partial charge in [-0.2, -0.15) is 4.84 Å². The molecule has 0 saturated heterocycles. The first-order chi connectivity index (χ1) is 7.31. The third-order valence-corrected chi connectivity index (χ3v) is 1.40. The summed E-state index contributed by atoms with van der Waals surface area (Å²) in [4.78, 5) is 4.92. The largest absolute Gasteiger partial charge is 0.570 e. The molecular weight excluding hydrogens is 202 g/mol. The van der Waals surface area contributed by atoms with Gasteiger partial charge in [-0.05, 0) is 18.9 Å². The summed E-state index contributed by atoms with van der Waals surface area (Å²) in [5.41, 5.74) is 2.05. The van der Waals surface area contributed by atoms with Crippen LogP contribution in [0.5, 0.6) is 0 Å². The Morgan fingerprint density at radius 3 is 2.73 bits per heavy atom. The minimum atomic E-state index is -0.0674. The topological polar surface area (TPSA) is 78.2 Å². The van der Waals surface area contributed by atoms with Crippen molar-refractivity contribution in [3.05, 3.63) is 5.21 Å². The van der Waals surface area contributed by atoms with E-state index in [-0.39, 0.29) is 18.6 Å². The van der Waals surface area contributed by atoms with Crippen molar-refractivity contribution in [2.75, 3.05) is 26.7 Å². The molecule has 0 aromatic carbocycles. The molecule has 7 nitrogen and oxygen atoms in total. The van der Waals surface area contributed by atoms with Gasteiger partial charge in [0, 0.05) is 11.7 Å². The lowest BCUT2D eigenvalue weighted by molar-refractivity contribution is -0.649. The van der Waals surface area contributed by atoms with Crippen molar-refractivity contribution in [1.82, 2.24) is 5.59 Å². The van der Waals surface area contributed by atoms with E-state index < -0.39 is 0 Å². The lowest BCUT2D eigenvalue weighted by Crippen LogP contribution is -2.25. The van der Waals surface area contributed by atoms with Crippen LogP contribution in [-0.4, -0.2) is 31.7 Å². The molecule has 0 rings (SSSR count). The lowest BCUT2D eigenvalue weighted by atomic mass is 10.3. The quantitative estimate of drug-likeness (QED) is 0.197. The molecule has 0 fully saturated rings. The standard InChI is InChI=1S/C8H19N3O4/c1-3-5-6-9-11(12)10-15-8-14-7-13-4-2/h3-8H2,1-2H3,(H,9,10). The second-order valence-electron chi connectivity index (χ2n) is 2.66. The summed E-state index contributed by atoms with van der Waals surface area (Å²) in [6.45, 7) is 5.01. The Morgan fingerprint density at radius 1 is 1.27 bits per heavy atom. The van der Waals surface area contributed by atoms with Gasteiger partial charge < -0.3 is 14.7 Å². The van der Waals surface area contributed by atoms with E-state index in [2.05, 4.69) is 9.95 Å². The Kier molecular flexibility index (Phi) is 10.5. The van der Waals surface area contributed by atoms with Gasteiger partial charge in [0.15, 0.2) is 6.79 Å². The summed E-state index contributed by atoms with van der Waals surface area (Å²) in [6, 6.07) is 0. The zero-order valence-corrected chi connectivity index (χ0v) is 9.27. The predicted molar refractivity (Wildman–Crippen MR) is 52.5 cm³/mol. The van der Waals surface area contributed by atoms with E-state index in [9.17, 15) is 5.21 Å². The van der Waals surface area contributed by atoms with Crippen LogP contribution < -0.4 is 5.59 Å². The van der Waals surface area contributed by atoms with E-state index in [1.807, 2.05) is 19.4 Å². The van der Waals surface area contributed by atoms with Gasteiger partial charge in [0.25, 0.3) is 0 Å². The molecule has 0 heterocycles. The van der Waals surface area contributed by atoms with E-state index in [0.717, 1.165) is 12.8 Å². The Morgan fingerprint density at radius 2 is 2.07 bits per heavy atom. The molecule has 0 bridgehead atoms. The monoisotopic (exact) mass is 221 g/mol. The van der Waals surface area contributed by atoms with Gasteiger partial charge >= 0.3 is 0 Å². The number of rotatable bonds is 10. The van der Waals surface area contributed by atoms with Crippen molar-refractivity contribution in [3.8, 4) is 0 Å². The number of ether oxygens (including phenoxy) is 2. The minimum Gasteiger partial charge on any atom is -0.570 e. The van der Waals surface area contributed by atoms with E-state index in [1.54, 1.807) is 0 Å². The fraction of sp³-hybridized carbons (Fsp3) is 1.00. The first kappa shape index (κ1) is 14.1. The van der Waals surface area contributed by atoms with E-state index in [4.69, 9.17) is 9.47 Å². The smallest absolute Gasteiger partial charge is 0.181 e. The normalized spacial score (nSPS) is 11.7. The van der Waals surface area contributed by atoms with Crippen LogP contribution >= 0.6 is 0 Å². The Labute approximate surface area is 89.5 Å². The summed E-state index contributed by atoms with van der Waals surface area (Å²) in [7, 11) is 0. The SMILES string of the molecule is CCCCN=[N+]([O-])NOCOCOCC. The van der Waals surface area contributed by atoms with Gasteiger partial charge in [-0.15, -0.1) is 0 Å². The van der Waals surface area contributed by atoms with Crippen LogP contribution in [0.25, 0.3) is 0 Å². The van der Waals surface area contributed by atoms with Crippen LogP contribution in [0.15, 0.2) is 5.11 Å². The average molecular weight is 221 g/mol. The Bertz CT molecular complexity index is 166. The molecule has 0 aliphatic carbocycles.